The van der Waals surface area contributed by atoms with Crippen LogP contribution in [0.2, 0.25) is 0 Å². The lowest BCUT2D eigenvalue weighted by Crippen LogP contribution is -2.38. The van der Waals surface area contributed by atoms with Crippen LogP contribution in [0.3, 0.4) is 0 Å². The number of carbonyl (C=O) groups is 2. The molecule has 0 radical (unpaired) electrons. The van der Waals surface area contributed by atoms with Gasteiger partial charge in [-0.25, -0.2) is 23.5 Å². The Kier molecular flexibility index (Phi) is 6.49. The van der Waals surface area contributed by atoms with Crippen LogP contribution in [0.4, 0.5) is 27.8 Å². The van der Waals surface area contributed by atoms with Crippen molar-refractivity contribution in [3.63, 3.8) is 0 Å². The number of alkyl halides is 5. The molecule has 2 atom stereocenters. The van der Waals surface area contributed by atoms with Gasteiger partial charge in [0, 0.05) is 29.9 Å². The second kappa shape index (κ2) is 9.08. The number of likely N-dealkylation sites (tertiary alicyclic amines) is 1. The van der Waals surface area contributed by atoms with E-state index in [0.29, 0.717) is 30.7 Å². The summed E-state index contributed by atoms with van der Waals surface area (Å²) >= 11 is 0.548. The van der Waals surface area contributed by atoms with Gasteiger partial charge in [0.25, 0.3) is 12.3 Å². The van der Waals surface area contributed by atoms with Crippen molar-refractivity contribution in [3.8, 4) is 10.4 Å². The molecule has 2 aromatic heterocycles. The summed E-state index contributed by atoms with van der Waals surface area (Å²) in [5.74, 6) is -3.04. The predicted molar refractivity (Wildman–Crippen MR) is 113 cm³/mol. The smallest absolute Gasteiger partial charge is 0.408 e. The van der Waals surface area contributed by atoms with E-state index in [9.17, 15) is 36.6 Å². The maximum atomic E-state index is 14.0. The van der Waals surface area contributed by atoms with Crippen molar-refractivity contribution >= 4 is 29.0 Å². The lowest BCUT2D eigenvalue weighted by atomic mass is 10.1. The quantitative estimate of drug-likeness (QED) is 0.502. The number of hydrogen-bond donors (Lipinski definition) is 2. The highest BCUT2D eigenvalue weighted by atomic mass is 32.1. The molecule has 2 aromatic rings. The highest BCUT2D eigenvalue weighted by Gasteiger charge is 2.49. The van der Waals surface area contributed by atoms with E-state index in [4.69, 9.17) is 0 Å². The van der Waals surface area contributed by atoms with E-state index in [1.54, 1.807) is 0 Å². The molecule has 1 amide bonds. The van der Waals surface area contributed by atoms with Crippen LogP contribution in [0.15, 0.2) is 12.3 Å². The van der Waals surface area contributed by atoms with Crippen LogP contribution in [-0.4, -0.2) is 56.7 Å². The zero-order valence-corrected chi connectivity index (χ0v) is 18.7. The van der Waals surface area contributed by atoms with E-state index in [2.05, 4.69) is 15.3 Å². The molecule has 2 aliphatic rings. The minimum atomic E-state index is -4.58. The Morgan fingerprint density at radius 3 is 2.50 bits per heavy atom. The average molecular weight is 504 g/mol. The van der Waals surface area contributed by atoms with Crippen molar-refractivity contribution < 1.29 is 36.6 Å². The molecule has 1 aliphatic carbocycles. The number of nitrogens with one attached hydrogen (secondary N) is 1. The van der Waals surface area contributed by atoms with Crippen molar-refractivity contribution in [2.75, 3.05) is 11.9 Å². The second-order valence-electron chi connectivity index (χ2n) is 8.45. The van der Waals surface area contributed by atoms with Gasteiger partial charge in [-0.05, 0) is 44.6 Å². The molecule has 1 saturated carbocycles. The first kappa shape index (κ1) is 24.3. The normalized spacial score (nSPS) is 19.5. The molecule has 0 unspecified atom stereocenters. The van der Waals surface area contributed by atoms with Crippen LogP contribution in [0.5, 0.6) is 0 Å². The zero-order valence-electron chi connectivity index (χ0n) is 17.9. The van der Waals surface area contributed by atoms with E-state index in [1.807, 2.05) is 6.92 Å². The van der Waals surface area contributed by atoms with Gasteiger partial charge in [-0.2, -0.15) is 13.2 Å². The number of thiazole rings is 1. The van der Waals surface area contributed by atoms with Gasteiger partial charge in [0.15, 0.2) is 0 Å². The topological polar surface area (TPSA) is 95.4 Å². The SMILES string of the molecule is C[C@H]1CCCN1C(=O)c1nc(C(=O)O)sc1-c1cnc(N[C@@H](C2CC2)C(F)(F)F)cc1C(F)F. The number of carboxylic acid groups (broad SMARTS) is 1. The summed E-state index contributed by atoms with van der Waals surface area (Å²) in [6.45, 7) is 2.24. The third-order valence-electron chi connectivity index (χ3n) is 5.99. The average Bonchev–Trinajstić information content (AvgIpc) is 3.33. The van der Waals surface area contributed by atoms with Gasteiger partial charge in [-0.3, -0.25) is 4.79 Å². The maximum absolute atomic E-state index is 14.0. The molecule has 0 aromatic carbocycles. The number of carboxylic acids is 1. The van der Waals surface area contributed by atoms with Crippen molar-refractivity contribution in [2.45, 2.75) is 57.3 Å². The molecule has 1 saturated heterocycles. The number of amides is 1. The lowest BCUT2D eigenvalue weighted by Gasteiger charge is -2.23. The summed E-state index contributed by atoms with van der Waals surface area (Å²) in [7, 11) is 0. The van der Waals surface area contributed by atoms with E-state index in [-0.39, 0.29) is 28.0 Å². The molecule has 2 fully saturated rings. The molecule has 1 aliphatic heterocycles. The van der Waals surface area contributed by atoms with Crippen LogP contribution >= 0.6 is 11.3 Å². The third kappa shape index (κ3) is 4.84. The first-order valence-corrected chi connectivity index (χ1v) is 11.5. The third-order valence-corrected chi connectivity index (χ3v) is 7.07. The van der Waals surface area contributed by atoms with Gasteiger partial charge in [0.1, 0.15) is 17.6 Å². The Hall–Kier alpha value is -2.83. The first-order chi connectivity index (χ1) is 16.0. The summed E-state index contributed by atoms with van der Waals surface area (Å²) in [5, 5.41) is 11.1. The van der Waals surface area contributed by atoms with Gasteiger partial charge in [0.2, 0.25) is 5.01 Å². The van der Waals surface area contributed by atoms with Gasteiger partial charge in [-0.1, -0.05) is 0 Å². The Labute approximate surface area is 195 Å². The highest BCUT2D eigenvalue weighted by Crippen LogP contribution is 2.43. The van der Waals surface area contributed by atoms with Gasteiger partial charge >= 0.3 is 12.1 Å². The molecule has 34 heavy (non-hydrogen) atoms. The fourth-order valence-electron chi connectivity index (χ4n) is 4.09. The van der Waals surface area contributed by atoms with Crippen LogP contribution in [0.25, 0.3) is 10.4 Å². The van der Waals surface area contributed by atoms with E-state index < -0.39 is 47.0 Å². The first-order valence-electron chi connectivity index (χ1n) is 10.6. The van der Waals surface area contributed by atoms with Crippen molar-refractivity contribution in [3.05, 3.63) is 28.5 Å². The molecular weight excluding hydrogens is 483 g/mol. The number of hydrogen-bond acceptors (Lipinski definition) is 6. The molecular formula is C21H21F5N4O3S. The summed E-state index contributed by atoms with van der Waals surface area (Å²) in [5.41, 5.74) is -1.19. The van der Waals surface area contributed by atoms with Crippen LogP contribution in [0.1, 0.15) is 64.9 Å². The number of rotatable bonds is 7. The van der Waals surface area contributed by atoms with Crippen LogP contribution < -0.4 is 5.32 Å². The minimum absolute atomic E-state index is 0.106. The number of aromatic nitrogens is 2. The monoisotopic (exact) mass is 504 g/mol. The molecule has 4 rings (SSSR count). The van der Waals surface area contributed by atoms with Crippen LogP contribution in [-0.2, 0) is 0 Å². The minimum Gasteiger partial charge on any atom is -0.476 e. The van der Waals surface area contributed by atoms with Crippen molar-refractivity contribution in [1.29, 1.82) is 0 Å². The van der Waals surface area contributed by atoms with Crippen LogP contribution in [0, 0.1) is 5.92 Å². The number of nitrogens with zero attached hydrogens (tertiary/aromatic N) is 3. The molecule has 0 bridgehead atoms. The molecule has 7 nitrogen and oxygen atoms in total. The lowest BCUT2D eigenvalue weighted by molar-refractivity contribution is -0.146. The van der Waals surface area contributed by atoms with E-state index in [1.165, 1.54) is 4.90 Å². The molecule has 13 heteroatoms. The van der Waals surface area contributed by atoms with Crippen molar-refractivity contribution in [1.82, 2.24) is 14.9 Å². The zero-order chi connectivity index (χ0) is 24.8. The molecule has 184 valence electrons. The van der Waals surface area contributed by atoms with E-state index in [0.717, 1.165) is 25.1 Å². The molecule has 3 heterocycles. The summed E-state index contributed by atoms with van der Waals surface area (Å²) < 4.78 is 68.1. The standard InChI is InChI=1S/C21H21F5N4O3S/c1-9-3-2-6-30(9)19(31)14-15(34-18(29-14)20(32)33)12-8-27-13(7-11(12)17(22)23)28-16(10-4-5-10)21(24,25)26/h7-10,16-17H,2-6H2,1H3,(H,27,28)(H,32,33)/t9-,16-/m0/s1. The molecule has 0 spiro atoms. The van der Waals surface area contributed by atoms with E-state index >= 15 is 0 Å². The maximum Gasteiger partial charge on any atom is 0.408 e. The Balaban J connectivity index is 1.75. The Morgan fingerprint density at radius 1 is 1.26 bits per heavy atom. The predicted octanol–water partition coefficient (Wildman–Crippen LogP) is 5.22. The number of anilines is 1. The van der Waals surface area contributed by atoms with Gasteiger partial charge in [0.05, 0.1) is 4.88 Å². The summed E-state index contributed by atoms with van der Waals surface area (Å²) in [6.07, 6.45) is -4.54. The number of halogens is 5. The Morgan fingerprint density at radius 2 is 1.97 bits per heavy atom. The highest BCUT2D eigenvalue weighted by molar-refractivity contribution is 7.17. The Bertz CT molecular complexity index is 1100. The second-order valence-corrected chi connectivity index (χ2v) is 9.45. The van der Waals surface area contributed by atoms with Gasteiger partial charge in [-0.15, -0.1) is 11.3 Å². The number of aromatic carboxylic acids is 1. The summed E-state index contributed by atoms with van der Waals surface area (Å²) in [6, 6.07) is -1.22. The summed E-state index contributed by atoms with van der Waals surface area (Å²) in [4.78, 5) is 33.8. The largest absolute Gasteiger partial charge is 0.476 e. The van der Waals surface area contributed by atoms with Gasteiger partial charge < -0.3 is 15.3 Å². The fraction of sp³-hybridized carbons (Fsp3) is 0.524. The molecule has 2 N–H and O–H groups in total. The van der Waals surface area contributed by atoms with Crippen molar-refractivity contribution in [2.24, 2.45) is 5.92 Å². The number of carbonyl (C=O) groups excluding carboxylic acids is 1. The fourth-order valence-corrected chi connectivity index (χ4v) is 5.01. The number of pyridine rings is 1.